The van der Waals surface area contributed by atoms with Crippen molar-refractivity contribution in [3.63, 3.8) is 0 Å². The quantitative estimate of drug-likeness (QED) is 0.419. The molecular formula is C23H30N4O4S. The Hall–Kier alpha value is -2.65. The second kappa shape index (κ2) is 9.87. The van der Waals surface area contributed by atoms with Gasteiger partial charge in [-0.3, -0.25) is 9.69 Å². The Bertz CT molecular complexity index is 971. The Kier molecular flexibility index (Phi) is 6.95. The summed E-state index contributed by atoms with van der Waals surface area (Å²) in [4.78, 5) is 30.7. The van der Waals surface area contributed by atoms with E-state index >= 15 is 0 Å². The van der Waals surface area contributed by atoms with Gasteiger partial charge >= 0.3 is 6.03 Å². The van der Waals surface area contributed by atoms with Crippen molar-refractivity contribution < 1.29 is 19.1 Å². The number of benzene rings is 1. The van der Waals surface area contributed by atoms with Crippen LogP contribution in [-0.2, 0) is 17.9 Å². The Labute approximate surface area is 192 Å². The number of aromatic nitrogens is 1. The van der Waals surface area contributed by atoms with Crippen LogP contribution in [0.2, 0.25) is 0 Å². The molecule has 0 radical (unpaired) electrons. The van der Waals surface area contributed by atoms with Crippen molar-refractivity contribution in [3.8, 4) is 11.5 Å². The fourth-order valence-electron chi connectivity index (χ4n) is 4.36. The molecule has 0 atom stereocenters. The van der Waals surface area contributed by atoms with E-state index in [4.69, 9.17) is 9.47 Å². The lowest BCUT2D eigenvalue weighted by molar-refractivity contribution is -0.131. The fourth-order valence-corrected chi connectivity index (χ4v) is 4.96. The zero-order valence-electron chi connectivity index (χ0n) is 18.6. The molecule has 8 nitrogen and oxygen atoms in total. The zero-order chi connectivity index (χ0) is 22.6. The normalized spacial score (nSPS) is 17.2. The molecule has 172 valence electrons. The zero-order valence-corrected chi connectivity index (χ0v) is 19.4. The van der Waals surface area contributed by atoms with Gasteiger partial charge in [0, 0.05) is 18.5 Å². The molecule has 1 saturated heterocycles. The van der Waals surface area contributed by atoms with Crippen LogP contribution in [0, 0.1) is 6.92 Å². The van der Waals surface area contributed by atoms with Crippen LogP contribution in [0.3, 0.4) is 0 Å². The van der Waals surface area contributed by atoms with Crippen LogP contribution in [0.4, 0.5) is 4.79 Å². The van der Waals surface area contributed by atoms with Crippen molar-refractivity contribution in [1.29, 1.82) is 0 Å². The standard InChI is InChI=1S/C23H30N4O4S/c1-16-25-18(15-32-16)14-31-19-7-6-17(12-20(19)30-2)13-24-10-5-11-27-21(28)23(26-22(27)29)8-3-4-9-23/h6-7,12,15,24H,3-5,8-11,13-14H2,1-2H3,(H,26,29). The number of nitrogens with one attached hydrogen (secondary N) is 2. The number of aryl methyl sites for hydroxylation is 1. The molecule has 4 rings (SSSR count). The first-order valence-corrected chi connectivity index (χ1v) is 11.9. The van der Waals surface area contributed by atoms with E-state index < -0.39 is 5.54 Å². The maximum absolute atomic E-state index is 12.7. The largest absolute Gasteiger partial charge is 0.493 e. The third-order valence-electron chi connectivity index (χ3n) is 6.04. The van der Waals surface area contributed by atoms with Gasteiger partial charge in [-0.15, -0.1) is 11.3 Å². The van der Waals surface area contributed by atoms with Gasteiger partial charge in [-0.05, 0) is 50.4 Å². The maximum atomic E-state index is 12.7. The number of methoxy groups -OCH3 is 1. The molecular weight excluding hydrogens is 428 g/mol. The molecule has 32 heavy (non-hydrogen) atoms. The predicted octanol–water partition coefficient (Wildman–Crippen LogP) is 3.38. The minimum atomic E-state index is -0.622. The molecule has 9 heteroatoms. The summed E-state index contributed by atoms with van der Waals surface area (Å²) in [5.41, 5.74) is 1.35. The first-order chi connectivity index (χ1) is 15.5. The number of amides is 3. The smallest absolute Gasteiger partial charge is 0.325 e. The molecule has 1 aromatic carbocycles. The number of ether oxygens (including phenoxy) is 2. The lowest BCUT2D eigenvalue weighted by Gasteiger charge is -2.20. The summed E-state index contributed by atoms with van der Waals surface area (Å²) >= 11 is 1.60. The van der Waals surface area contributed by atoms with Crippen LogP contribution in [0.25, 0.3) is 0 Å². The molecule has 2 fully saturated rings. The summed E-state index contributed by atoms with van der Waals surface area (Å²) in [7, 11) is 1.63. The van der Waals surface area contributed by atoms with E-state index in [1.54, 1.807) is 18.4 Å². The number of carbonyl (C=O) groups excluding carboxylic acids is 2. The second-order valence-electron chi connectivity index (χ2n) is 8.34. The third kappa shape index (κ3) is 4.88. The van der Waals surface area contributed by atoms with Gasteiger partial charge in [-0.25, -0.2) is 9.78 Å². The number of nitrogens with zero attached hydrogens (tertiary/aromatic N) is 2. The number of thiazole rings is 1. The second-order valence-corrected chi connectivity index (χ2v) is 9.40. The van der Waals surface area contributed by atoms with E-state index in [1.165, 1.54) is 4.90 Å². The summed E-state index contributed by atoms with van der Waals surface area (Å²) in [5.74, 6) is 1.31. The number of hydrogen-bond donors (Lipinski definition) is 2. The average Bonchev–Trinajstić information content (AvgIpc) is 3.48. The lowest BCUT2D eigenvalue weighted by Crippen LogP contribution is -2.44. The fraction of sp³-hybridized carbons (Fsp3) is 0.522. The molecule has 1 spiro atoms. The highest BCUT2D eigenvalue weighted by atomic mass is 32.1. The Morgan fingerprint density at radius 3 is 2.78 bits per heavy atom. The first-order valence-electron chi connectivity index (χ1n) is 11.1. The van der Waals surface area contributed by atoms with E-state index in [2.05, 4.69) is 15.6 Å². The van der Waals surface area contributed by atoms with Crippen LogP contribution in [0.15, 0.2) is 23.6 Å². The van der Waals surface area contributed by atoms with Crippen molar-refractivity contribution in [2.24, 2.45) is 0 Å². The van der Waals surface area contributed by atoms with E-state index in [1.807, 2.05) is 30.5 Å². The molecule has 1 aromatic heterocycles. The molecule has 1 aliphatic heterocycles. The summed E-state index contributed by atoms with van der Waals surface area (Å²) < 4.78 is 11.4. The molecule has 1 saturated carbocycles. The molecule has 1 aliphatic carbocycles. The summed E-state index contributed by atoms with van der Waals surface area (Å²) in [6.07, 6.45) is 4.23. The van der Waals surface area contributed by atoms with Crippen LogP contribution in [0.5, 0.6) is 11.5 Å². The number of rotatable bonds is 10. The van der Waals surface area contributed by atoms with Gasteiger partial charge in [0.25, 0.3) is 5.91 Å². The number of imide groups is 1. The Morgan fingerprint density at radius 2 is 2.06 bits per heavy atom. The van der Waals surface area contributed by atoms with Crippen molar-refractivity contribution in [2.45, 2.75) is 57.7 Å². The first kappa shape index (κ1) is 22.5. The third-order valence-corrected chi connectivity index (χ3v) is 6.86. The molecule has 3 amide bonds. The average molecular weight is 459 g/mol. The lowest BCUT2D eigenvalue weighted by atomic mass is 9.98. The SMILES string of the molecule is COc1cc(CNCCCN2C(=O)NC3(CCCC3)C2=O)ccc1OCc1csc(C)n1. The van der Waals surface area contributed by atoms with Crippen molar-refractivity contribution in [3.05, 3.63) is 39.8 Å². The Balaban J connectivity index is 1.22. The maximum Gasteiger partial charge on any atom is 0.325 e. The molecule has 2 N–H and O–H groups in total. The van der Waals surface area contributed by atoms with Crippen molar-refractivity contribution >= 4 is 23.3 Å². The van der Waals surface area contributed by atoms with Gasteiger partial charge in [-0.2, -0.15) is 0 Å². The molecule has 0 bridgehead atoms. The Morgan fingerprint density at radius 1 is 1.25 bits per heavy atom. The van der Waals surface area contributed by atoms with E-state index in [0.29, 0.717) is 44.2 Å². The molecule has 0 unspecified atom stereocenters. The number of carbonyl (C=O) groups is 2. The summed E-state index contributed by atoms with van der Waals surface area (Å²) in [5, 5.41) is 9.31. The highest BCUT2D eigenvalue weighted by Crippen LogP contribution is 2.35. The van der Waals surface area contributed by atoms with Crippen LogP contribution < -0.4 is 20.1 Å². The van der Waals surface area contributed by atoms with Gasteiger partial charge in [-0.1, -0.05) is 18.9 Å². The van der Waals surface area contributed by atoms with E-state index in [0.717, 1.165) is 41.9 Å². The van der Waals surface area contributed by atoms with Gasteiger partial charge in [0.1, 0.15) is 12.1 Å². The minimum absolute atomic E-state index is 0.0480. The summed E-state index contributed by atoms with van der Waals surface area (Å²) in [6.45, 7) is 4.17. The number of hydrogen-bond acceptors (Lipinski definition) is 7. The highest BCUT2D eigenvalue weighted by Gasteiger charge is 2.51. The monoisotopic (exact) mass is 458 g/mol. The predicted molar refractivity (Wildman–Crippen MR) is 122 cm³/mol. The van der Waals surface area contributed by atoms with Gasteiger partial charge in [0.15, 0.2) is 11.5 Å². The van der Waals surface area contributed by atoms with Crippen LogP contribution >= 0.6 is 11.3 Å². The van der Waals surface area contributed by atoms with Crippen molar-refractivity contribution in [1.82, 2.24) is 20.5 Å². The highest BCUT2D eigenvalue weighted by molar-refractivity contribution is 7.09. The van der Waals surface area contributed by atoms with Gasteiger partial charge < -0.3 is 20.1 Å². The topological polar surface area (TPSA) is 92.8 Å². The summed E-state index contributed by atoms with van der Waals surface area (Å²) in [6, 6.07) is 5.61. The molecule has 2 aliphatic rings. The van der Waals surface area contributed by atoms with Gasteiger partial charge in [0.05, 0.1) is 17.8 Å². The van der Waals surface area contributed by atoms with Crippen molar-refractivity contribution in [2.75, 3.05) is 20.2 Å². The minimum Gasteiger partial charge on any atom is -0.493 e. The van der Waals surface area contributed by atoms with Crippen LogP contribution in [0.1, 0.15) is 48.4 Å². The van der Waals surface area contributed by atoms with Gasteiger partial charge in [0.2, 0.25) is 0 Å². The molecule has 2 heterocycles. The number of urea groups is 1. The van der Waals surface area contributed by atoms with Crippen LogP contribution in [-0.4, -0.2) is 47.6 Å². The van der Waals surface area contributed by atoms with E-state index in [9.17, 15) is 9.59 Å². The van der Waals surface area contributed by atoms with E-state index in [-0.39, 0.29) is 11.9 Å². The molecule has 2 aromatic rings.